The lowest BCUT2D eigenvalue weighted by Crippen LogP contribution is -2.47. The van der Waals surface area contributed by atoms with E-state index in [0.717, 1.165) is 10.5 Å². The second kappa shape index (κ2) is 6.14. The maximum atomic E-state index is 12.8. The number of nitrogens with one attached hydrogen (secondary N) is 1. The molecule has 0 saturated carbocycles. The predicted octanol–water partition coefficient (Wildman–Crippen LogP) is -0.0878. The first-order valence-electron chi connectivity index (χ1n) is 9.02. The number of hydrogen-bond acceptors (Lipinski definition) is 6. The zero-order valence-corrected chi connectivity index (χ0v) is 16.2. The molecule has 0 aliphatic carbocycles. The Kier molecular flexibility index (Phi) is 3.98. The Morgan fingerprint density at radius 3 is 2.68 bits per heavy atom. The molecule has 0 aromatic carbocycles. The Morgan fingerprint density at radius 1 is 1.32 bits per heavy atom. The van der Waals surface area contributed by atoms with E-state index in [0.29, 0.717) is 18.2 Å². The van der Waals surface area contributed by atoms with Crippen LogP contribution in [0.5, 0.6) is 0 Å². The van der Waals surface area contributed by atoms with E-state index in [1.165, 1.54) is 0 Å². The van der Waals surface area contributed by atoms with Crippen molar-refractivity contribution in [3.05, 3.63) is 18.2 Å². The van der Waals surface area contributed by atoms with Crippen LogP contribution in [0.2, 0.25) is 0 Å². The average molecular weight is 386 g/mol. The van der Waals surface area contributed by atoms with Crippen molar-refractivity contribution in [1.82, 2.24) is 39.7 Å². The maximum absolute atomic E-state index is 12.8. The highest BCUT2D eigenvalue weighted by Crippen LogP contribution is 2.27. The summed E-state index contributed by atoms with van der Waals surface area (Å²) in [6.07, 6.45) is 3.59. The summed E-state index contributed by atoms with van der Waals surface area (Å²) in [5.41, 5.74) is -0.139. The van der Waals surface area contributed by atoms with Crippen molar-refractivity contribution in [3.8, 4) is 11.4 Å². The molecule has 0 radical (unpaired) electrons. The number of aromatic nitrogens is 5. The quantitative estimate of drug-likeness (QED) is 0.737. The number of fused-ring (bicyclic) bond motifs is 1. The number of imide groups is 1. The van der Waals surface area contributed by atoms with Gasteiger partial charge in [0.05, 0.1) is 24.3 Å². The summed E-state index contributed by atoms with van der Waals surface area (Å²) in [6.45, 7) is 5.62. The minimum absolute atomic E-state index is 0.0579. The Bertz CT molecular complexity index is 975. The van der Waals surface area contributed by atoms with Crippen LogP contribution in [0.15, 0.2) is 12.4 Å². The lowest BCUT2D eigenvalue weighted by atomic mass is 10.1. The van der Waals surface area contributed by atoms with Crippen LogP contribution in [0.3, 0.4) is 0 Å². The van der Waals surface area contributed by atoms with Gasteiger partial charge in [0.15, 0.2) is 11.6 Å². The molecule has 28 heavy (non-hydrogen) atoms. The molecule has 1 fully saturated rings. The van der Waals surface area contributed by atoms with Crippen LogP contribution in [0, 0.1) is 0 Å². The monoisotopic (exact) mass is 386 g/mol. The number of carbonyl (C=O) groups is 3. The maximum Gasteiger partial charge on any atom is 0.325 e. The van der Waals surface area contributed by atoms with Gasteiger partial charge in [0.1, 0.15) is 12.1 Å². The van der Waals surface area contributed by atoms with Crippen LogP contribution in [0.1, 0.15) is 32.6 Å². The molecular weight excluding hydrogens is 364 g/mol. The van der Waals surface area contributed by atoms with Crippen LogP contribution >= 0.6 is 0 Å². The van der Waals surface area contributed by atoms with Crippen LogP contribution in [0.4, 0.5) is 4.79 Å². The lowest BCUT2D eigenvalue weighted by Gasteiger charge is -2.33. The normalized spacial score (nSPS) is 21.1. The molecule has 2 aromatic heterocycles. The minimum atomic E-state index is -0.995. The molecule has 2 aliphatic heterocycles. The van der Waals surface area contributed by atoms with Gasteiger partial charge in [-0.15, -0.1) is 10.2 Å². The molecule has 0 spiro atoms. The predicted molar refractivity (Wildman–Crippen MR) is 96.7 cm³/mol. The summed E-state index contributed by atoms with van der Waals surface area (Å²) >= 11 is 0. The first kappa shape index (κ1) is 18.1. The zero-order valence-electron chi connectivity index (χ0n) is 16.2. The molecule has 0 bridgehead atoms. The third kappa shape index (κ3) is 2.83. The highest BCUT2D eigenvalue weighted by atomic mass is 16.2. The van der Waals surface area contributed by atoms with Crippen molar-refractivity contribution in [2.75, 3.05) is 13.1 Å². The van der Waals surface area contributed by atoms with E-state index >= 15 is 0 Å². The third-order valence-electron chi connectivity index (χ3n) is 5.08. The van der Waals surface area contributed by atoms with Gasteiger partial charge in [-0.2, -0.15) is 5.10 Å². The van der Waals surface area contributed by atoms with Gasteiger partial charge < -0.3 is 14.8 Å². The number of aryl methyl sites for hydroxylation is 1. The summed E-state index contributed by atoms with van der Waals surface area (Å²) in [7, 11) is 1.83. The van der Waals surface area contributed by atoms with E-state index in [9.17, 15) is 14.4 Å². The number of amides is 4. The zero-order chi connectivity index (χ0) is 20.2. The summed E-state index contributed by atoms with van der Waals surface area (Å²) in [4.78, 5) is 39.7. The van der Waals surface area contributed by atoms with Crippen LogP contribution in [0.25, 0.3) is 11.4 Å². The second-order valence-electron chi connectivity index (χ2n) is 7.78. The molecule has 0 unspecified atom stereocenters. The molecule has 2 aliphatic rings. The molecule has 148 valence electrons. The molecule has 1 atom stereocenters. The topological polar surface area (TPSA) is 118 Å². The van der Waals surface area contributed by atoms with E-state index in [1.54, 1.807) is 29.6 Å². The van der Waals surface area contributed by atoms with E-state index in [1.807, 2.05) is 24.7 Å². The van der Waals surface area contributed by atoms with Gasteiger partial charge in [-0.25, -0.2) is 4.79 Å². The summed E-state index contributed by atoms with van der Waals surface area (Å²) in [6, 6.07) is -0.604. The standard InChI is InChI=1S/C17H22N8O3/c1-10-6-23(13(26)9-24-15(27)17(2,3)19-16(24)28)8-12-20-21-14(25(10)12)11-5-18-22(4)7-11/h5,7,10H,6,8-9H2,1-4H3,(H,19,28)/t10-/m0/s1. The smallest absolute Gasteiger partial charge is 0.325 e. The van der Waals surface area contributed by atoms with Gasteiger partial charge >= 0.3 is 6.03 Å². The Balaban J connectivity index is 1.52. The van der Waals surface area contributed by atoms with Crippen molar-refractivity contribution in [1.29, 1.82) is 0 Å². The Labute approximate surface area is 161 Å². The fraction of sp³-hybridized carbons (Fsp3) is 0.529. The largest absolute Gasteiger partial charge is 0.332 e. The first-order chi connectivity index (χ1) is 13.2. The number of carbonyl (C=O) groups excluding carboxylic acids is 3. The van der Waals surface area contributed by atoms with Crippen LogP contribution < -0.4 is 5.32 Å². The molecule has 1 N–H and O–H groups in total. The third-order valence-corrected chi connectivity index (χ3v) is 5.08. The van der Waals surface area contributed by atoms with Gasteiger partial charge in [0.25, 0.3) is 5.91 Å². The van der Waals surface area contributed by atoms with Crippen molar-refractivity contribution < 1.29 is 14.4 Å². The van der Waals surface area contributed by atoms with Crippen LogP contribution in [-0.4, -0.2) is 70.8 Å². The first-order valence-corrected chi connectivity index (χ1v) is 9.02. The van der Waals surface area contributed by atoms with E-state index < -0.39 is 17.5 Å². The molecule has 4 rings (SSSR count). The Hall–Kier alpha value is -3.24. The fourth-order valence-electron chi connectivity index (χ4n) is 3.65. The summed E-state index contributed by atoms with van der Waals surface area (Å²) in [5, 5.41) is 15.2. The number of rotatable bonds is 3. The summed E-state index contributed by atoms with van der Waals surface area (Å²) in [5.74, 6) is 0.658. The molecule has 1 saturated heterocycles. The number of urea groups is 1. The SMILES string of the molecule is C[C@H]1CN(C(=O)CN2C(=O)NC(C)(C)C2=O)Cc2nnc(-c3cnn(C)c3)n21. The Morgan fingerprint density at radius 2 is 2.07 bits per heavy atom. The molecular formula is C17H22N8O3. The minimum Gasteiger partial charge on any atom is -0.332 e. The summed E-state index contributed by atoms with van der Waals surface area (Å²) < 4.78 is 3.69. The van der Waals surface area contributed by atoms with Crippen LogP contribution in [-0.2, 0) is 23.2 Å². The molecule has 4 amide bonds. The molecule has 11 heteroatoms. The van der Waals surface area contributed by atoms with Gasteiger partial charge in [-0.3, -0.25) is 19.2 Å². The highest BCUT2D eigenvalue weighted by Gasteiger charge is 2.45. The lowest BCUT2D eigenvalue weighted by molar-refractivity contribution is -0.139. The van der Waals surface area contributed by atoms with E-state index in [4.69, 9.17) is 0 Å². The fourth-order valence-corrected chi connectivity index (χ4v) is 3.65. The molecule has 2 aromatic rings. The number of hydrogen-bond donors (Lipinski definition) is 1. The van der Waals surface area contributed by atoms with Crippen molar-refractivity contribution in [3.63, 3.8) is 0 Å². The average Bonchev–Trinajstić information content (AvgIpc) is 3.28. The van der Waals surface area contributed by atoms with Crippen molar-refractivity contribution >= 4 is 17.8 Å². The van der Waals surface area contributed by atoms with Gasteiger partial charge in [0, 0.05) is 19.8 Å². The number of nitrogens with zero attached hydrogens (tertiary/aromatic N) is 7. The molecule has 4 heterocycles. The van der Waals surface area contributed by atoms with Gasteiger partial charge in [0.2, 0.25) is 5.91 Å². The molecule has 11 nitrogen and oxygen atoms in total. The van der Waals surface area contributed by atoms with Gasteiger partial charge in [-0.1, -0.05) is 0 Å². The van der Waals surface area contributed by atoms with E-state index in [-0.39, 0.29) is 25.0 Å². The van der Waals surface area contributed by atoms with Crippen molar-refractivity contribution in [2.45, 2.75) is 38.9 Å². The highest BCUT2D eigenvalue weighted by molar-refractivity contribution is 6.08. The second-order valence-corrected chi connectivity index (χ2v) is 7.78. The van der Waals surface area contributed by atoms with E-state index in [2.05, 4.69) is 20.6 Å². The van der Waals surface area contributed by atoms with Gasteiger partial charge in [-0.05, 0) is 20.8 Å². The van der Waals surface area contributed by atoms with Crippen molar-refractivity contribution in [2.24, 2.45) is 7.05 Å².